The smallest absolute Gasteiger partial charge is 0.261 e. The fourth-order valence-corrected chi connectivity index (χ4v) is 4.70. The van der Waals surface area contributed by atoms with Crippen molar-refractivity contribution < 1.29 is 14.3 Å². The second-order valence-electron chi connectivity index (χ2n) is 9.33. The van der Waals surface area contributed by atoms with Crippen molar-refractivity contribution in [3.8, 4) is 5.75 Å². The van der Waals surface area contributed by atoms with Crippen LogP contribution >= 0.6 is 28.1 Å². The summed E-state index contributed by atoms with van der Waals surface area (Å²) in [7, 11) is 1.86. The van der Waals surface area contributed by atoms with Crippen molar-refractivity contribution in [3.63, 3.8) is 0 Å². The number of para-hydroxylation sites is 1. The Morgan fingerprint density at radius 2 is 1.83 bits per heavy atom. The molecule has 8 heteroatoms. The molecule has 35 heavy (non-hydrogen) atoms. The zero-order chi connectivity index (χ0) is 25.4. The number of thiocarbonyl (C=S) groups is 1. The van der Waals surface area contributed by atoms with E-state index in [1.165, 1.54) is 6.42 Å². The van der Waals surface area contributed by atoms with E-state index in [1.807, 2.05) is 30.1 Å². The molecule has 0 atom stereocenters. The number of hydrogen-bond donors (Lipinski definition) is 2. The molecule has 0 aromatic heterocycles. The monoisotopic (exact) mass is 559 g/mol. The molecule has 0 heterocycles. The summed E-state index contributed by atoms with van der Waals surface area (Å²) in [5, 5.41) is 5.88. The first-order valence-electron chi connectivity index (χ1n) is 12.2. The number of benzene rings is 2. The van der Waals surface area contributed by atoms with Gasteiger partial charge in [0, 0.05) is 17.6 Å². The lowest BCUT2D eigenvalue weighted by atomic mass is 9.94. The third kappa shape index (κ3) is 7.77. The van der Waals surface area contributed by atoms with Crippen molar-refractivity contribution in [2.24, 2.45) is 5.92 Å². The summed E-state index contributed by atoms with van der Waals surface area (Å²) in [6.07, 6.45) is 6.47. The first kappa shape index (κ1) is 27.1. The highest BCUT2D eigenvalue weighted by atomic mass is 79.9. The summed E-state index contributed by atoms with van der Waals surface area (Å²) in [4.78, 5) is 28.1. The molecule has 0 spiro atoms. The van der Waals surface area contributed by atoms with Crippen molar-refractivity contribution >= 4 is 50.8 Å². The van der Waals surface area contributed by atoms with Crippen LogP contribution in [-0.2, 0) is 0 Å². The number of halogens is 1. The molecule has 0 bridgehead atoms. The molecule has 2 N–H and O–H groups in total. The number of carbonyl (C=O) groups excluding carboxylic acids is 2. The van der Waals surface area contributed by atoms with Crippen LogP contribution in [0.25, 0.3) is 0 Å². The van der Waals surface area contributed by atoms with Crippen molar-refractivity contribution in [3.05, 3.63) is 58.1 Å². The Morgan fingerprint density at radius 3 is 2.54 bits per heavy atom. The minimum Gasteiger partial charge on any atom is -0.493 e. The van der Waals surface area contributed by atoms with E-state index < -0.39 is 0 Å². The minimum absolute atomic E-state index is 0.0537. The van der Waals surface area contributed by atoms with E-state index >= 15 is 0 Å². The van der Waals surface area contributed by atoms with Crippen LogP contribution in [0.3, 0.4) is 0 Å². The van der Waals surface area contributed by atoms with Crippen LogP contribution in [-0.4, -0.2) is 41.5 Å². The van der Waals surface area contributed by atoms with Crippen LogP contribution in [0.4, 0.5) is 5.69 Å². The molecular weight excluding hydrogens is 526 g/mol. The summed E-state index contributed by atoms with van der Waals surface area (Å²) >= 11 is 8.85. The van der Waals surface area contributed by atoms with E-state index in [-0.39, 0.29) is 23.0 Å². The van der Waals surface area contributed by atoms with Gasteiger partial charge in [0.15, 0.2) is 5.11 Å². The standard InChI is InChI=1S/C27H34BrN3O3S/c1-18(2)15-16-34-24-14-13-19(28)17-22(24)25(32)30-27(35)29-23-12-8-7-11-21(23)26(33)31(3)20-9-5-4-6-10-20/h7-8,11-14,17-18,20H,4-6,9-10,15-16H2,1-3H3,(H2,29,30,32,35). The van der Waals surface area contributed by atoms with Crippen molar-refractivity contribution in [2.45, 2.75) is 58.4 Å². The van der Waals surface area contributed by atoms with Gasteiger partial charge >= 0.3 is 0 Å². The van der Waals surface area contributed by atoms with E-state index in [0.29, 0.717) is 35.1 Å². The zero-order valence-corrected chi connectivity index (χ0v) is 23.0. The van der Waals surface area contributed by atoms with E-state index in [9.17, 15) is 9.59 Å². The third-order valence-corrected chi connectivity index (χ3v) is 6.91. The van der Waals surface area contributed by atoms with Crippen LogP contribution in [0, 0.1) is 5.92 Å². The molecule has 0 radical (unpaired) electrons. The van der Waals surface area contributed by atoms with Gasteiger partial charge in [-0.25, -0.2) is 0 Å². The summed E-state index contributed by atoms with van der Waals surface area (Å²) in [6.45, 7) is 4.77. The molecule has 188 valence electrons. The van der Waals surface area contributed by atoms with Gasteiger partial charge in [0.05, 0.1) is 23.4 Å². The molecule has 1 aliphatic carbocycles. The lowest BCUT2D eigenvalue weighted by Crippen LogP contribution is -2.39. The highest BCUT2D eigenvalue weighted by Gasteiger charge is 2.25. The average Bonchev–Trinajstić information content (AvgIpc) is 2.84. The predicted octanol–water partition coefficient (Wildman–Crippen LogP) is 6.41. The lowest BCUT2D eigenvalue weighted by Gasteiger charge is -2.31. The zero-order valence-electron chi connectivity index (χ0n) is 20.6. The molecule has 2 aromatic carbocycles. The summed E-state index contributed by atoms with van der Waals surface area (Å²) < 4.78 is 6.63. The van der Waals surface area contributed by atoms with Gasteiger partial charge in [0.25, 0.3) is 11.8 Å². The van der Waals surface area contributed by atoms with Crippen LogP contribution in [0.2, 0.25) is 0 Å². The number of rotatable bonds is 8. The number of carbonyl (C=O) groups is 2. The fraction of sp³-hybridized carbons (Fsp3) is 0.444. The Kier molecular flexibility index (Phi) is 10.1. The van der Waals surface area contributed by atoms with Gasteiger partial charge < -0.3 is 15.0 Å². The maximum Gasteiger partial charge on any atom is 0.261 e. The molecule has 2 aromatic rings. The van der Waals surface area contributed by atoms with Crippen molar-refractivity contribution in [1.82, 2.24) is 10.2 Å². The Bertz CT molecular complexity index is 1050. The van der Waals surface area contributed by atoms with Gasteiger partial charge in [-0.05, 0) is 67.7 Å². The first-order chi connectivity index (χ1) is 16.8. The van der Waals surface area contributed by atoms with Gasteiger partial charge in [-0.2, -0.15) is 0 Å². The van der Waals surface area contributed by atoms with Crippen LogP contribution in [0.1, 0.15) is 73.1 Å². The number of amides is 2. The molecule has 2 amide bonds. The predicted molar refractivity (Wildman–Crippen MR) is 148 cm³/mol. The largest absolute Gasteiger partial charge is 0.493 e. The first-order valence-corrected chi connectivity index (χ1v) is 13.4. The lowest BCUT2D eigenvalue weighted by molar-refractivity contribution is 0.0697. The minimum atomic E-state index is -0.383. The number of nitrogens with one attached hydrogen (secondary N) is 2. The molecular formula is C27H34BrN3O3S. The topological polar surface area (TPSA) is 70.7 Å². The SMILES string of the molecule is CC(C)CCOc1ccc(Br)cc1C(=O)NC(=S)Nc1ccccc1C(=O)N(C)C1CCCCC1. The molecule has 1 aliphatic rings. The highest BCUT2D eigenvalue weighted by molar-refractivity contribution is 9.10. The molecule has 3 rings (SSSR count). The maximum absolute atomic E-state index is 13.3. The summed E-state index contributed by atoms with van der Waals surface area (Å²) in [5.74, 6) is 0.562. The van der Waals surface area contributed by atoms with Gasteiger partial charge in [0.1, 0.15) is 5.75 Å². The molecule has 1 fully saturated rings. The van der Waals surface area contributed by atoms with E-state index in [1.54, 1.807) is 24.3 Å². The molecule has 6 nitrogen and oxygen atoms in total. The Labute approximate surface area is 221 Å². The van der Waals surface area contributed by atoms with E-state index in [4.69, 9.17) is 17.0 Å². The normalized spacial score (nSPS) is 13.9. The van der Waals surface area contributed by atoms with Crippen LogP contribution < -0.4 is 15.4 Å². The van der Waals surface area contributed by atoms with Crippen molar-refractivity contribution in [2.75, 3.05) is 19.0 Å². The van der Waals surface area contributed by atoms with E-state index in [0.717, 1.165) is 36.6 Å². The van der Waals surface area contributed by atoms with Gasteiger partial charge in [-0.15, -0.1) is 0 Å². The van der Waals surface area contributed by atoms with Gasteiger partial charge in [-0.3, -0.25) is 14.9 Å². The molecule has 0 saturated heterocycles. The second kappa shape index (κ2) is 13.0. The van der Waals surface area contributed by atoms with E-state index in [2.05, 4.69) is 40.4 Å². The quantitative estimate of drug-likeness (QED) is 0.366. The van der Waals surface area contributed by atoms with Gasteiger partial charge in [0.2, 0.25) is 0 Å². The Hall–Kier alpha value is -2.45. The molecule has 0 unspecified atom stereocenters. The van der Waals surface area contributed by atoms with Crippen LogP contribution in [0.15, 0.2) is 46.9 Å². The second-order valence-corrected chi connectivity index (χ2v) is 10.7. The summed E-state index contributed by atoms with van der Waals surface area (Å²) in [6, 6.07) is 12.8. The van der Waals surface area contributed by atoms with Gasteiger partial charge in [-0.1, -0.05) is 61.2 Å². The maximum atomic E-state index is 13.3. The highest BCUT2D eigenvalue weighted by Crippen LogP contribution is 2.26. The third-order valence-electron chi connectivity index (χ3n) is 6.21. The van der Waals surface area contributed by atoms with Crippen LogP contribution in [0.5, 0.6) is 5.75 Å². The number of anilines is 1. The molecule has 1 saturated carbocycles. The Balaban J connectivity index is 1.69. The number of ether oxygens (including phenoxy) is 1. The summed E-state index contributed by atoms with van der Waals surface area (Å²) in [5.41, 5.74) is 1.47. The average molecular weight is 561 g/mol. The molecule has 0 aliphatic heterocycles. The number of hydrogen-bond acceptors (Lipinski definition) is 4. The fourth-order valence-electron chi connectivity index (χ4n) is 4.14. The number of nitrogens with zero attached hydrogens (tertiary/aromatic N) is 1. The Morgan fingerprint density at radius 1 is 1.11 bits per heavy atom. The van der Waals surface area contributed by atoms with Crippen molar-refractivity contribution in [1.29, 1.82) is 0 Å².